The number of rotatable bonds is 7. The first kappa shape index (κ1) is 19.0. The Morgan fingerprint density at radius 3 is 2.46 bits per heavy atom. The average Bonchev–Trinajstić information content (AvgIpc) is 2.62. The normalized spacial score (nSPS) is 13.9. The smallest absolute Gasteiger partial charge is 0.164 e. The minimum absolute atomic E-state index is 0.193. The van der Waals surface area contributed by atoms with Crippen molar-refractivity contribution in [2.45, 2.75) is 31.2 Å². The van der Waals surface area contributed by atoms with Crippen molar-refractivity contribution in [3.05, 3.63) is 47.5 Å². The molecule has 0 saturated carbocycles. The average molecular weight is 364 g/mol. The maximum Gasteiger partial charge on any atom is 0.164 e. The molecule has 2 aromatic rings. The van der Waals surface area contributed by atoms with Crippen molar-refractivity contribution in [1.82, 2.24) is 0 Å². The van der Waals surface area contributed by atoms with Gasteiger partial charge in [0.25, 0.3) is 0 Å². The summed E-state index contributed by atoms with van der Waals surface area (Å²) in [5.41, 5.74) is 2.08. The summed E-state index contributed by atoms with van der Waals surface area (Å²) in [6, 6.07) is 12.0. The molecule has 0 saturated heterocycles. The van der Waals surface area contributed by atoms with E-state index in [1.54, 1.807) is 20.3 Å². The number of benzene rings is 2. The van der Waals surface area contributed by atoms with Crippen LogP contribution in [0.15, 0.2) is 36.4 Å². The Kier molecular flexibility index (Phi) is 6.42. The fourth-order valence-electron chi connectivity index (χ4n) is 2.70. The van der Waals surface area contributed by atoms with E-state index in [-0.39, 0.29) is 10.9 Å². The van der Waals surface area contributed by atoms with Crippen LogP contribution >= 0.6 is 21.2 Å². The van der Waals surface area contributed by atoms with Gasteiger partial charge in [0, 0.05) is 22.5 Å². The molecule has 1 N–H and O–H groups in total. The van der Waals surface area contributed by atoms with E-state index in [2.05, 4.69) is 44.7 Å². The van der Waals surface area contributed by atoms with Crippen molar-refractivity contribution < 1.29 is 14.6 Å². The molecule has 2 aromatic carbocycles. The highest BCUT2D eigenvalue weighted by atomic mass is 32.1. The molecule has 0 fully saturated rings. The van der Waals surface area contributed by atoms with E-state index in [9.17, 15) is 5.11 Å². The van der Waals surface area contributed by atoms with Crippen molar-refractivity contribution in [1.29, 1.82) is 0 Å². The number of methoxy groups -OCH3 is 2. The predicted octanol–water partition coefficient (Wildman–Crippen LogP) is 4.47. The molecule has 2 unspecified atom stereocenters. The van der Waals surface area contributed by atoms with Crippen LogP contribution in [0.4, 0.5) is 0 Å². The van der Waals surface area contributed by atoms with Gasteiger partial charge in [-0.25, -0.2) is 0 Å². The van der Waals surface area contributed by atoms with Gasteiger partial charge in [-0.1, -0.05) is 46.7 Å². The zero-order valence-corrected chi connectivity index (χ0v) is 16.5. The quantitative estimate of drug-likeness (QED) is 0.562. The SMILES string of the molecule is CCC(C)(Pc1ccccc1CS)c1cc(OC)cc(OC)c1O. The Bertz CT molecular complexity index is 705. The third kappa shape index (κ3) is 3.81. The van der Waals surface area contributed by atoms with E-state index in [0.29, 0.717) is 25.8 Å². The zero-order valence-electron chi connectivity index (χ0n) is 14.6. The molecule has 24 heavy (non-hydrogen) atoms. The standard InChI is InChI=1S/C19H25O3PS/c1-5-19(2,23-17-9-7-6-8-13(17)12-24)15-10-14(21-3)11-16(22-4)18(15)20/h6-11,20,23-24H,5,12H2,1-4H3. The summed E-state index contributed by atoms with van der Waals surface area (Å²) in [5, 5.41) is 11.7. The molecule has 0 heterocycles. The molecule has 0 aliphatic heterocycles. The van der Waals surface area contributed by atoms with E-state index in [4.69, 9.17) is 9.47 Å². The molecule has 0 spiro atoms. The molecule has 2 atom stereocenters. The minimum atomic E-state index is -0.217. The Morgan fingerprint density at radius 2 is 1.88 bits per heavy atom. The first-order valence-corrected chi connectivity index (χ1v) is 9.54. The third-order valence-corrected chi connectivity index (χ3v) is 6.68. The lowest BCUT2D eigenvalue weighted by Crippen LogP contribution is -2.20. The number of phenolic OH excluding ortho intramolecular Hbond substituents is 1. The summed E-state index contributed by atoms with van der Waals surface area (Å²) >= 11 is 4.44. The van der Waals surface area contributed by atoms with Crippen LogP contribution in [0.2, 0.25) is 0 Å². The molecular formula is C19H25O3PS. The van der Waals surface area contributed by atoms with Crippen LogP contribution < -0.4 is 14.8 Å². The summed E-state index contributed by atoms with van der Waals surface area (Å²) in [6.07, 6.45) is 0.885. The Morgan fingerprint density at radius 1 is 1.17 bits per heavy atom. The Labute approximate surface area is 151 Å². The minimum Gasteiger partial charge on any atom is -0.504 e. The van der Waals surface area contributed by atoms with Gasteiger partial charge in [-0.2, -0.15) is 12.6 Å². The van der Waals surface area contributed by atoms with Crippen LogP contribution in [0.5, 0.6) is 17.2 Å². The third-order valence-electron chi connectivity index (χ3n) is 4.40. The highest BCUT2D eigenvalue weighted by Gasteiger charge is 2.31. The van der Waals surface area contributed by atoms with Crippen LogP contribution in [0.3, 0.4) is 0 Å². The number of ether oxygens (including phenoxy) is 2. The van der Waals surface area contributed by atoms with Gasteiger partial charge in [-0.3, -0.25) is 0 Å². The highest BCUT2D eigenvalue weighted by Crippen LogP contribution is 2.51. The van der Waals surface area contributed by atoms with Crippen LogP contribution in [0.25, 0.3) is 0 Å². The number of aromatic hydroxyl groups is 1. The number of phenols is 1. The second-order valence-electron chi connectivity index (χ2n) is 5.85. The maximum atomic E-state index is 10.7. The van der Waals surface area contributed by atoms with Crippen LogP contribution in [0, 0.1) is 0 Å². The first-order valence-electron chi connectivity index (χ1n) is 7.91. The lowest BCUT2D eigenvalue weighted by Gasteiger charge is -2.31. The maximum absolute atomic E-state index is 10.7. The van der Waals surface area contributed by atoms with Gasteiger partial charge in [0.15, 0.2) is 11.5 Å². The summed E-state index contributed by atoms with van der Waals surface area (Å²) in [4.78, 5) is 0. The highest BCUT2D eigenvalue weighted by molar-refractivity contribution is 7.79. The van der Waals surface area contributed by atoms with Crippen LogP contribution in [-0.4, -0.2) is 19.3 Å². The summed E-state index contributed by atoms with van der Waals surface area (Å²) in [6.45, 7) is 4.32. The van der Waals surface area contributed by atoms with Gasteiger partial charge in [-0.05, 0) is 23.4 Å². The van der Waals surface area contributed by atoms with E-state index >= 15 is 0 Å². The van der Waals surface area contributed by atoms with Crippen LogP contribution in [0.1, 0.15) is 31.4 Å². The Hall–Kier alpha value is -1.38. The zero-order chi connectivity index (χ0) is 17.7. The van der Waals surface area contributed by atoms with E-state index in [1.807, 2.05) is 12.1 Å². The molecule has 0 amide bonds. The summed E-state index contributed by atoms with van der Waals surface area (Å²) in [5.74, 6) is 2.03. The van der Waals surface area contributed by atoms with Crippen molar-refractivity contribution in [3.8, 4) is 17.2 Å². The predicted molar refractivity (Wildman–Crippen MR) is 106 cm³/mol. The van der Waals surface area contributed by atoms with E-state index in [1.165, 1.54) is 10.9 Å². The van der Waals surface area contributed by atoms with E-state index < -0.39 is 0 Å². The summed E-state index contributed by atoms with van der Waals surface area (Å²) in [7, 11) is 3.68. The lowest BCUT2D eigenvalue weighted by atomic mass is 9.95. The molecular weight excluding hydrogens is 339 g/mol. The lowest BCUT2D eigenvalue weighted by molar-refractivity contribution is 0.357. The number of hydrogen-bond donors (Lipinski definition) is 2. The van der Waals surface area contributed by atoms with Gasteiger partial charge >= 0.3 is 0 Å². The number of hydrogen-bond acceptors (Lipinski definition) is 4. The molecule has 0 aromatic heterocycles. The first-order chi connectivity index (χ1) is 11.5. The van der Waals surface area contributed by atoms with Gasteiger partial charge in [0.05, 0.1) is 14.2 Å². The topological polar surface area (TPSA) is 38.7 Å². The largest absolute Gasteiger partial charge is 0.504 e. The fourth-order valence-corrected chi connectivity index (χ4v) is 4.73. The van der Waals surface area contributed by atoms with Crippen LogP contribution in [-0.2, 0) is 10.9 Å². The van der Waals surface area contributed by atoms with E-state index in [0.717, 1.165) is 12.0 Å². The molecule has 0 aliphatic carbocycles. The molecule has 3 nitrogen and oxygen atoms in total. The molecule has 0 bridgehead atoms. The monoisotopic (exact) mass is 364 g/mol. The molecule has 130 valence electrons. The van der Waals surface area contributed by atoms with Gasteiger partial charge in [-0.15, -0.1) is 0 Å². The Balaban J connectivity index is 2.53. The van der Waals surface area contributed by atoms with Gasteiger partial charge in [0.2, 0.25) is 0 Å². The molecule has 5 heteroatoms. The van der Waals surface area contributed by atoms with Crippen molar-refractivity contribution in [3.63, 3.8) is 0 Å². The fraction of sp³-hybridized carbons (Fsp3) is 0.368. The number of thiol groups is 1. The van der Waals surface area contributed by atoms with Crippen molar-refractivity contribution in [2.75, 3.05) is 14.2 Å². The molecule has 0 radical (unpaired) electrons. The van der Waals surface area contributed by atoms with Crippen molar-refractivity contribution in [2.24, 2.45) is 0 Å². The molecule has 2 rings (SSSR count). The van der Waals surface area contributed by atoms with Crippen molar-refractivity contribution >= 4 is 26.5 Å². The molecule has 0 aliphatic rings. The summed E-state index contributed by atoms with van der Waals surface area (Å²) < 4.78 is 10.7. The second-order valence-corrected chi connectivity index (χ2v) is 8.06. The second kappa shape index (κ2) is 8.13. The van der Waals surface area contributed by atoms with Gasteiger partial charge < -0.3 is 14.6 Å². The van der Waals surface area contributed by atoms with Gasteiger partial charge in [0.1, 0.15) is 5.75 Å².